The van der Waals surface area contributed by atoms with Crippen LogP contribution in [0.1, 0.15) is 47.3 Å². The van der Waals surface area contributed by atoms with Gasteiger partial charge in [0.1, 0.15) is 11.9 Å². The molecule has 2 aromatic rings. The van der Waals surface area contributed by atoms with E-state index in [4.69, 9.17) is 4.98 Å². The average Bonchev–Trinajstić information content (AvgIpc) is 3.28. The number of carboxylic acid groups (broad SMARTS) is 1. The monoisotopic (exact) mass is 437 g/mol. The highest BCUT2D eigenvalue weighted by Gasteiger charge is 2.26. The van der Waals surface area contributed by atoms with Crippen molar-refractivity contribution in [2.24, 2.45) is 5.92 Å². The van der Waals surface area contributed by atoms with Crippen LogP contribution >= 0.6 is 0 Å². The van der Waals surface area contributed by atoms with Crippen LogP contribution in [-0.2, 0) is 17.6 Å². The zero-order valence-corrected chi connectivity index (χ0v) is 18.3. The normalized spacial score (nSPS) is 19.1. The van der Waals surface area contributed by atoms with Gasteiger partial charge in [0, 0.05) is 43.3 Å². The first-order valence-corrected chi connectivity index (χ1v) is 11.5. The van der Waals surface area contributed by atoms with E-state index in [1.165, 1.54) is 24.4 Å². The van der Waals surface area contributed by atoms with Crippen molar-refractivity contribution in [3.05, 3.63) is 53.5 Å². The van der Waals surface area contributed by atoms with Gasteiger partial charge in [-0.15, -0.1) is 0 Å². The molecule has 170 valence electrons. The fourth-order valence-corrected chi connectivity index (χ4v) is 4.53. The van der Waals surface area contributed by atoms with Gasteiger partial charge in [-0.25, -0.2) is 9.78 Å². The van der Waals surface area contributed by atoms with Crippen LogP contribution in [0.2, 0.25) is 0 Å². The number of likely N-dealkylation sites (tertiary alicyclic amines) is 1. The van der Waals surface area contributed by atoms with E-state index in [2.05, 4.69) is 32.7 Å². The highest BCUT2D eigenvalue weighted by Crippen LogP contribution is 2.24. The maximum absolute atomic E-state index is 12.3. The zero-order chi connectivity index (χ0) is 22.3. The molecule has 2 aliphatic heterocycles. The Kier molecular flexibility index (Phi) is 7.32. The molecule has 3 N–H and O–H groups in total. The molecule has 2 aromatic heterocycles. The predicted octanol–water partition coefficient (Wildman–Crippen LogP) is 2.36. The van der Waals surface area contributed by atoms with Crippen molar-refractivity contribution in [1.82, 2.24) is 20.2 Å². The van der Waals surface area contributed by atoms with Crippen molar-refractivity contribution >= 4 is 17.7 Å². The van der Waals surface area contributed by atoms with Gasteiger partial charge < -0.3 is 20.6 Å². The largest absolute Gasteiger partial charge is 0.480 e. The number of fused-ring (bicyclic) bond motifs is 1. The number of aromatic nitrogens is 2. The summed E-state index contributed by atoms with van der Waals surface area (Å²) in [5, 5.41) is 15.6. The third-order valence-electron chi connectivity index (χ3n) is 6.41. The SMILES string of the molecule is O=C(N[C@H](CCN1CC[C@@H](CCc2ccc3c(n2)NCCC3)C1)C(=O)O)c1ccncc1. The van der Waals surface area contributed by atoms with E-state index in [1.54, 1.807) is 12.1 Å². The van der Waals surface area contributed by atoms with Gasteiger partial charge in [0.2, 0.25) is 0 Å². The highest BCUT2D eigenvalue weighted by molar-refractivity contribution is 5.96. The lowest BCUT2D eigenvalue weighted by Crippen LogP contribution is -2.43. The van der Waals surface area contributed by atoms with Crippen LogP contribution in [0.25, 0.3) is 0 Å². The minimum Gasteiger partial charge on any atom is -0.480 e. The van der Waals surface area contributed by atoms with E-state index < -0.39 is 12.0 Å². The topological polar surface area (TPSA) is 107 Å². The highest BCUT2D eigenvalue weighted by atomic mass is 16.4. The van der Waals surface area contributed by atoms with E-state index in [0.29, 0.717) is 24.4 Å². The number of nitrogens with one attached hydrogen (secondary N) is 2. The summed E-state index contributed by atoms with van der Waals surface area (Å²) < 4.78 is 0. The van der Waals surface area contributed by atoms with Gasteiger partial charge in [-0.1, -0.05) is 6.07 Å². The van der Waals surface area contributed by atoms with Crippen LogP contribution in [0.4, 0.5) is 5.82 Å². The number of hydrogen-bond donors (Lipinski definition) is 3. The molecule has 0 aromatic carbocycles. The fourth-order valence-electron chi connectivity index (χ4n) is 4.53. The molecule has 8 nitrogen and oxygen atoms in total. The van der Waals surface area contributed by atoms with Gasteiger partial charge in [0.15, 0.2) is 0 Å². The van der Waals surface area contributed by atoms with Crippen molar-refractivity contribution in [2.75, 3.05) is 31.5 Å². The molecule has 4 rings (SSSR count). The average molecular weight is 438 g/mol. The summed E-state index contributed by atoms with van der Waals surface area (Å²) in [6.07, 6.45) is 8.87. The van der Waals surface area contributed by atoms with Crippen molar-refractivity contribution in [3.8, 4) is 0 Å². The molecule has 32 heavy (non-hydrogen) atoms. The molecule has 1 fully saturated rings. The first kappa shape index (κ1) is 22.2. The maximum atomic E-state index is 12.3. The molecule has 1 saturated heterocycles. The van der Waals surface area contributed by atoms with Crippen LogP contribution in [0.15, 0.2) is 36.7 Å². The Labute approximate surface area is 188 Å². The Morgan fingerprint density at radius 3 is 2.91 bits per heavy atom. The first-order valence-electron chi connectivity index (χ1n) is 11.5. The molecule has 0 aliphatic carbocycles. The Balaban J connectivity index is 1.22. The molecule has 2 aliphatic rings. The number of carbonyl (C=O) groups is 2. The molecule has 8 heteroatoms. The maximum Gasteiger partial charge on any atom is 0.326 e. The number of rotatable bonds is 9. The minimum absolute atomic E-state index is 0.383. The second-order valence-electron chi connectivity index (χ2n) is 8.72. The number of carbonyl (C=O) groups excluding carboxylic acids is 1. The van der Waals surface area contributed by atoms with Gasteiger partial charge in [0.05, 0.1) is 0 Å². The Morgan fingerprint density at radius 2 is 2.09 bits per heavy atom. The summed E-state index contributed by atoms with van der Waals surface area (Å²) in [5.41, 5.74) is 2.87. The second-order valence-corrected chi connectivity index (χ2v) is 8.72. The third kappa shape index (κ3) is 5.82. The number of pyridine rings is 2. The summed E-state index contributed by atoms with van der Waals surface area (Å²) in [6.45, 7) is 3.59. The summed E-state index contributed by atoms with van der Waals surface area (Å²) in [6, 6.07) is 6.61. The molecule has 4 heterocycles. The summed E-state index contributed by atoms with van der Waals surface area (Å²) >= 11 is 0. The lowest BCUT2D eigenvalue weighted by atomic mass is 10.00. The van der Waals surface area contributed by atoms with Gasteiger partial charge in [-0.3, -0.25) is 9.78 Å². The van der Waals surface area contributed by atoms with Crippen LogP contribution in [0, 0.1) is 5.92 Å². The molecule has 0 unspecified atom stereocenters. The van der Waals surface area contributed by atoms with Crippen LogP contribution in [-0.4, -0.2) is 64.1 Å². The predicted molar refractivity (Wildman–Crippen MR) is 122 cm³/mol. The summed E-state index contributed by atoms with van der Waals surface area (Å²) in [5.74, 6) is 0.257. The second kappa shape index (κ2) is 10.5. The number of hydrogen-bond acceptors (Lipinski definition) is 6. The number of carboxylic acids is 1. The summed E-state index contributed by atoms with van der Waals surface area (Å²) in [7, 11) is 0. The number of nitrogens with zero attached hydrogens (tertiary/aromatic N) is 3. The summed E-state index contributed by atoms with van der Waals surface area (Å²) in [4.78, 5) is 34.9. The van der Waals surface area contributed by atoms with Crippen molar-refractivity contribution < 1.29 is 14.7 Å². The first-order chi connectivity index (χ1) is 15.6. The van der Waals surface area contributed by atoms with E-state index in [0.717, 1.165) is 56.8 Å². The standard InChI is InChI=1S/C24H31N5O3/c30-23(19-7-12-25-13-8-19)28-21(24(31)32)10-15-29-14-9-17(16-29)3-5-20-6-4-18-2-1-11-26-22(18)27-20/h4,6-8,12-13,17,21H,1-3,5,9-11,14-16H2,(H,26,27)(H,28,30)(H,31,32)/t17-,21-/m1/s1. The molecular weight excluding hydrogens is 406 g/mol. The Bertz CT molecular complexity index is 936. The van der Waals surface area contributed by atoms with Crippen LogP contribution < -0.4 is 10.6 Å². The lowest BCUT2D eigenvalue weighted by Gasteiger charge is -2.20. The third-order valence-corrected chi connectivity index (χ3v) is 6.41. The number of amides is 1. The molecule has 0 saturated carbocycles. The lowest BCUT2D eigenvalue weighted by molar-refractivity contribution is -0.139. The van der Waals surface area contributed by atoms with Gasteiger partial charge >= 0.3 is 5.97 Å². The quantitative estimate of drug-likeness (QED) is 0.553. The van der Waals surface area contributed by atoms with Crippen molar-refractivity contribution in [1.29, 1.82) is 0 Å². The smallest absolute Gasteiger partial charge is 0.326 e. The van der Waals surface area contributed by atoms with E-state index >= 15 is 0 Å². The Hall–Kier alpha value is -3.00. The van der Waals surface area contributed by atoms with Crippen molar-refractivity contribution in [2.45, 2.75) is 44.6 Å². The van der Waals surface area contributed by atoms with Gasteiger partial charge in [-0.2, -0.15) is 0 Å². The Morgan fingerprint density at radius 1 is 1.25 bits per heavy atom. The molecule has 0 bridgehead atoms. The zero-order valence-electron chi connectivity index (χ0n) is 18.3. The van der Waals surface area contributed by atoms with Crippen molar-refractivity contribution in [3.63, 3.8) is 0 Å². The minimum atomic E-state index is -1.00. The fraction of sp³-hybridized carbons (Fsp3) is 0.500. The number of aliphatic carboxylic acids is 1. The van der Waals surface area contributed by atoms with E-state index in [9.17, 15) is 14.7 Å². The molecule has 0 radical (unpaired) electrons. The van der Waals surface area contributed by atoms with Gasteiger partial charge in [-0.05, 0) is 74.8 Å². The molecule has 1 amide bonds. The number of aryl methyl sites for hydroxylation is 2. The van der Waals surface area contributed by atoms with Gasteiger partial charge in [0.25, 0.3) is 5.91 Å². The van der Waals surface area contributed by atoms with E-state index in [-0.39, 0.29) is 5.91 Å². The van der Waals surface area contributed by atoms with Crippen LogP contribution in [0.5, 0.6) is 0 Å². The number of anilines is 1. The molecule has 2 atom stereocenters. The molecule has 0 spiro atoms. The molecular formula is C24H31N5O3. The van der Waals surface area contributed by atoms with E-state index in [1.807, 2.05) is 0 Å². The van der Waals surface area contributed by atoms with Crippen LogP contribution in [0.3, 0.4) is 0 Å².